The summed E-state index contributed by atoms with van der Waals surface area (Å²) < 4.78 is 16.5. The van der Waals surface area contributed by atoms with Crippen LogP contribution in [0.15, 0.2) is 18.2 Å². The van der Waals surface area contributed by atoms with Crippen LogP contribution >= 0.6 is 11.6 Å². The molecule has 4 heteroatoms. The third kappa shape index (κ3) is 4.33. The third-order valence-electron chi connectivity index (χ3n) is 3.29. The summed E-state index contributed by atoms with van der Waals surface area (Å²) in [4.78, 5) is 0. The van der Waals surface area contributed by atoms with Crippen LogP contribution in [0.3, 0.4) is 0 Å². The second-order valence-electron chi connectivity index (χ2n) is 4.66. The molecule has 3 nitrogen and oxygen atoms in total. The number of alkyl halides is 1. The first-order chi connectivity index (χ1) is 9.83. The number of halogens is 1. The first-order valence-electron chi connectivity index (χ1n) is 6.77. The summed E-state index contributed by atoms with van der Waals surface area (Å²) in [5.41, 5.74) is 0.817. The predicted octanol–water partition coefficient (Wildman–Crippen LogP) is 3.09. The highest BCUT2D eigenvalue weighted by molar-refractivity contribution is 6.19. The molecule has 0 bridgehead atoms. The third-order valence-corrected chi connectivity index (χ3v) is 3.43. The lowest BCUT2D eigenvalue weighted by molar-refractivity contribution is 0.0497. The molecule has 1 heterocycles. The summed E-state index contributed by atoms with van der Waals surface area (Å²) in [5, 5.41) is 0. The topological polar surface area (TPSA) is 27.7 Å². The van der Waals surface area contributed by atoms with Crippen LogP contribution in [-0.2, 0) is 4.74 Å². The molecule has 0 saturated carbocycles. The Balaban J connectivity index is 2.05. The van der Waals surface area contributed by atoms with Crippen LogP contribution in [-0.4, -0.2) is 32.8 Å². The number of benzene rings is 1. The van der Waals surface area contributed by atoms with Crippen LogP contribution in [0.4, 0.5) is 0 Å². The van der Waals surface area contributed by atoms with E-state index in [-0.39, 0.29) is 0 Å². The number of rotatable bonds is 4. The molecule has 0 N–H and O–H groups in total. The fourth-order valence-electron chi connectivity index (χ4n) is 2.11. The molecule has 1 aromatic carbocycles. The molecule has 2 rings (SSSR count). The van der Waals surface area contributed by atoms with Crippen molar-refractivity contribution in [1.29, 1.82) is 0 Å². The van der Waals surface area contributed by atoms with Gasteiger partial charge in [0.05, 0.1) is 25.2 Å². The standard InChI is InChI=1S/C16H19ClO3/c1-18-15-4-5-16(14(11-15)3-2-8-17)20-12-13-6-9-19-10-7-13/h4-5,11,13H,6-10,12H2,1H3. The number of ether oxygens (including phenoxy) is 3. The van der Waals surface area contributed by atoms with Crippen molar-refractivity contribution in [1.82, 2.24) is 0 Å². The Hall–Kier alpha value is -1.37. The molecule has 0 amide bonds. The Kier molecular flexibility index (Phi) is 6.04. The Morgan fingerprint density at radius 3 is 2.85 bits per heavy atom. The first-order valence-corrected chi connectivity index (χ1v) is 7.30. The van der Waals surface area contributed by atoms with Crippen LogP contribution in [0, 0.1) is 17.8 Å². The van der Waals surface area contributed by atoms with E-state index >= 15 is 0 Å². The second-order valence-corrected chi connectivity index (χ2v) is 4.93. The van der Waals surface area contributed by atoms with Gasteiger partial charge in [0.2, 0.25) is 0 Å². The van der Waals surface area contributed by atoms with Crippen LogP contribution in [0.25, 0.3) is 0 Å². The number of hydrogen-bond donors (Lipinski definition) is 0. The molecule has 1 aromatic rings. The number of methoxy groups -OCH3 is 1. The monoisotopic (exact) mass is 294 g/mol. The average Bonchev–Trinajstić information content (AvgIpc) is 2.52. The highest BCUT2D eigenvalue weighted by atomic mass is 35.5. The van der Waals surface area contributed by atoms with Crippen molar-refractivity contribution < 1.29 is 14.2 Å². The SMILES string of the molecule is COc1ccc(OCC2CCOCC2)c(C#CCCl)c1. The van der Waals surface area contributed by atoms with E-state index in [1.165, 1.54) is 0 Å². The van der Waals surface area contributed by atoms with E-state index in [0.29, 0.717) is 18.4 Å². The Morgan fingerprint density at radius 1 is 1.35 bits per heavy atom. The minimum absolute atomic E-state index is 0.302. The van der Waals surface area contributed by atoms with Gasteiger partial charge in [-0.05, 0) is 37.0 Å². The van der Waals surface area contributed by atoms with Gasteiger partial charge in [0.25, 0.3) is 0 Å². The molecule has 20 heavy (non-hydrogen) atoms. The fraction of sp³-hybridized carbons (Fsp3) is 0.500. The zero-order chi connectivity index (χ0) is 14.2. The van der Waals surface area contributed by atoms with Crippen molar-refractivity contribution >= 4 is 11.6 Å². The van der Waals surface area contributed by atoms with E-state index in [0.717, 1.165) is 43.1 Å². The molecule has 1 saturated heterocycles. The summed E-state index contributed by atoms with van der Waals surface area (Å²) in [5.74, 6) is 8.28. The Labute approximate surface area is 125 Å². The van der Waals surface area contributed by atoms with E-state index < -0.39 is 0 Å². The lowest BCUT2D eigenvalue weighted by Gasteiger charge is -2.22. The Morgan fingerprint density at radius 2 is 2.15 bits per heavy atom. The van der Waals surface area contributed by atoms with Gasteiger partial charge in [-0.1, -0.05) is 11.8 Å². The lowest BCUT2D eigenvalue weighted by Crippen LogP contribution is -2.21. The lowest BCUT2D eigenvalue weighted by atomic mass is 10.0. The molecule has 0 radical (unpaired) electrons. The normalized spacial score (nSPS) is 15.3. The van der Waals surface area contributed by atoms with Gasteiger partial charge >= 0.3 is 0 Å². The molecule has 0 unspecified atom stereocenters. The summed E-state index contributed by atoms with van der Waals surface area (Å²) in [6.45, 7) is 2.36. The van der Waals surface area contributed by atoms with E-state index in [9.17, 15) is 0 Å². The average molecular weight is 295 g/mol. The fourth-order valence-corrected chi connectivity index (χ4v) is 2.18. The second kappa shape index (κ2) is 8.04. The van der Waals surface area contributed by atoms with Gasteiger partial charge in [-0.25, -0.2) is 0 Å². The van der Waals surface area contributed by atoms with Crippen LogP contribution in [0.2, 0.25) is 0 Å². The summed E-state index contributed by atoms with van der Waals surface area (Å²) in [7, 11) is 1.64. The highest BCUT2D eigenvalue weighted by Gasteiger charge is 2.15. The van der Waals surface area contributed by atoms with E-state index in [2.05, 4.69) is 11.8 Å². The number of hydrogen-bond acceptors (Lipinski definition) is 3. The van der Waals surface area contributed by atoms with Gasteiger partial charge < -0.3 is 14.2 Å². The molecule has 1 aliphatic heterocycles. The van der Waals surface area contributed by atoms with Crippen molar-refractivity contribution in [2.45, 2.75) is 12.8 Å². The van der Waals surface area contributed by atoms with Gasteiger partial charge in [0, 0.05) is 13.2 Å². The molecule has 0 spiro atoms. The van der Waals surface area contributed by atoms with Crippen molar-refractivity contribution in [2.75, 3.05) is 32.8 Å². The molecule has 0 atom stereocenters. The maximum Gasteiger partial charge on any atom is 0.135 e. The summed E-state index contributed by atoms with van der Waals surface area (Å²) in [6, 6.07) is 5.65. The summed E-state index contributed by atoms with van der Waals surface area (Å²) >= 11 is 5.62. The molecular weight excluding hydrogens is 276 g/mol. The van der Waals surface area contributed by atoms with Crippen molar-refractivity contribution in [3.63, 3.8) is 0 Å². The van der Waals surface area contributed by atoms with Gasteiger partial charge in [-0.3, -0.25) is 0 Å². The molecule has 1 fully saturated rings. The van der Waals surface area contributed by atoms with Gasteiger partial charge in [0.1, 0.15) is 11.5 Å². The quantitative estimate of drug-likeness (QED) is 0.631. The molecule has 0 aromatic heterocycles. The van der Waals surface area contributed by atoms with Gasteiger partial charge in [-0.15, -0.1) is 11.6 Å². The minimum atomic E-state index is 0.302. The molecular formula is C16H19ClO3. The molecule has 108 valence electrons. The van der Waals surface area contributed by atoms with E-state index in [4.69, 9.17) is 25.8 Å². The molecule has 0 aliphatic carbocycles. The maximum absolute atomic E-state index is 5.92. The van der Waals surface area contributed by atoms with Gasteiger partial charge in [0.15, 0.2) is 0 Å². The minimum Gasteiger partial charge on any atom is -0.497 e. The first kappa shape index (κ1) is 15.0. The van der Waals surface area contributed by atoms with E-state index in [1.54, 1.807) is 7.11 Å². The summed E-state index contributed by atoms with van der Waals surface area (Å²) in [6.07, 6.45) is 2.11. The van der Waals surface area contributed by atoms with Crippen molar-refractivity contribution in [3.05, 3.63) is 23.8 Å². The largest absolute Gasteiger partial charge is 0.497 e. The van der Waals surface area contributed by atoms with Crippen molar-refractivity contribution in [2.24, 2.45) is 5.92 Å². The van der Waals surface area contributed by atoms with Crippen LogP contribution in [0.1, 0.15) is 18.4 Å². The van der Waals surface area contributed by atoms with Gasteiger partial charge in [-0.2, -0.15) is 0 Å². The zero-order valence-corrected chi connectivity index (χ0v) is 12.4. The van der Waals surface area contributed by atoms with Crippen LogP contribution in [0.5, 0.6) is 11.5 Å². The highest BCUT2D eigenvalue weighted by Crippen LogP contribution is 2.25. The maximum atomic E-state index is 5.92. The zero-order valence-electron chi connectivity index (χ0n) is 11.7. The Bertz CT molecular complexity index is 484. The van der Waals surface area contributed by atoms with E-state index in [1.807, 2.05) is 18.2 Å². The molecule has 1 aliphatic rings. The smallest absolute Gasteiger partial charge is 0.135 e. The predicted molar refractivity (Wildman–Crippen MR) is 79.6 cm³/mol. The van der Waals surface area contributed by atoms with Crippen molar-refractivity contribution in [3.8, 4) is 23.3 Å². The van der Waals surface area contributed by atoms with Crippen LogP contribution < -0.4 is 9.47 Å².